The van der Waals surface area contributed by atoms with Crippen LogP contribution in [0.3, 0.4) is 0 Å². The quantitative estimate of drug-likeness (QED) is 0.556. The molecule has 9 heteroatoms. The van der Waals surface area contributed by atoms with Crippen LogP contribution < -0.4 is 15.4 Å². The van der Waals surface area contributed by atoms with Crippen molar-refractivity contribution < 1.29 is 13.9 Å². The van der Waals surface area contributed by atoms with Gasteiger partial charge in [-0.15, -0.1) is 0 Å². The number of nitrogens with zero attached hydrogens (tertiary/aromatic N) is 4. The molecule has 1 aliphatic rings. The van der Waals surface area contributed by atoms with E-state index >= 15 is 0 Å². The van der Waals surface area contributed by atoms with Gasteiger partial charge in [-0.3, -0.25) is 4.90 Å². The number of nitrogens with one attached hydrogen (secondary N) is 2. The zero-order valence-corrected chi connectivity index (χ0v) is 16.7. The molecular weight excluding hydrogens is 386 g/mol. The molecule has 0 aliphatic carbocycles. The van der Waals surface area contributed by atoms with Gasteiger partial charge in [0.25, 0.3) is 0 Å². The molecule has 158 valence electrons. The van der Waals surface area contributed by atoms with Gasteiger partial charge in [-0.1, -0.05) is 6.07 Å². The molecule has 2 aromatic heterocycles. The van der Waals surface area contributed by atoms with E-state index in [1.807, 2.05) is 24.3 Å². The number of pyridine rings is 1. The Bertz CT molecular complexity index is 967. The lowest BCUT2D eigenvalue weighted by Crippen LogP contribution is -2.39. The van der Waals surface area contributed by atoms with Crippen LogP contribution in [0, 0.1) is 0 Å². The second-order valence-electron chi connectivity index (χ2n) is 6.88. The predicted octanol–water partition coefficient (Wildman–Crippen LogP) is 2.86. The summed E-state index contributed by atoms with van der Waals surface area (Å²) in [7, 11) is 0. The van der Waals surface area contributed by atoms with E-state index in [1.54, 1.807) is 12.3 Å². The van der Waals surface area contributed by atoms with E-state index in [-0.39, 0.29) is 6.61 Å². The maximum atomic E-state index is 12.4. The van der Waals surface area contributed by atoms with Crippen LogP contribution in [0.1, 0.15) is 0 Å². The molecule has 0 atom stereocenters. The van der Waals surface area contributed by atoms with Crippen LogP contribution in [0.5, 0.6) is 5.75 Å². The Morgan fingerprint density at radius 3 is 2.90 bits per heavy atom. The first kappa shape index (κ1) is 20.2. The second-order valence-corrected chi connectivity index (χ2v) is 6.88. The molecule has 1 aliphatic heterocycles. The number of fused-ring (bicyclic) bond motifs is 1. The summed E-state index contributed by atoms with van der Waals surface area (Å²) in [5.41, 5.74) is 1.54. The van der Waals surface area contributed by atoms with Crippen molar-refractivity contribution in [2.45, 2.75) is 0 Å². The molecule has 30 heavy (non-hydrogen) atoms. The maximum absolute atomic E-state index is 12.4. The molecular formula is C21H25FN6O2. The van der Waals surface area contributed by atoms with E-state index in [2.05, 4.69) is 30.5 Å². The average molecular weight is 411 g/mol. The molecule has 0 amide bonds. The highest BCUT2D eigenvalue weighted by atomic mass is 18.2. The fourth-order valence-electron chi connectivity index (χ4n) is 3.28. The minimum atomic E-state index is -0.525. The minimum Gasteiger partial charge on any atom is -0.491 e. The van der Waals surface area contributed by atoms with Crippen molar-refractivity contribution in [1.29, 1.82) is 0 Å². The predicted molar refractivity (Wildman–Crippen MR) is 114 cm³/mol. The smallest absolute Gasteiger partial charge is 0.141 e. The third kappa shape index (κ3) is 5.31. The Labute approximate surface area is 174 Å². The summed E-state index contributed by atoms with van der Waals surface area (Å²) in [5.74, 6) is 2.04. The molecule has 0 saturated carbocycles. The molecule has 3 aromatic rings. The largest absolute Gasteiger partial charge is 0.491 e. The first-order chi connectivity index (χ1) is 14.8. The van der Waals surface area contributed by atoms with Gasteiger partial charge in [-0.2, -0.15) is 0 Å². The number of benzene rings is 1. The van der Waals surface area contributed by atoms with Crippen LogP contribution in [-0.2, 0) is 4.74 Å². The molecule has 0 bridgehead atoms. The number of anilines is 3. The van der Waals surface area contributed by atoms with Crippen LogP contribution >= 0.6 is 0 Å². The van der Waals surface area contributed by atoms with E-state index in [0.717, 1.165) is 61.8 Å². The number of hydrogen-bond acceptors (Lipinski definition) is 8. The summed E-state index contributed by atoms with van der Waals surface area (Å²) < 4.78 is 23.1. The van der Waals surface area contributed by atoms with E-state index < -0.39 is 6.67 Å². The Morgan fingerprint density at radius 1 is 1.13 bits per heavy atom. The second kappa shape index (κ2) is 10.1. The Morgan fingerprint density at radius 2 is 2.03 bits per heavy atom. The first-order valence-electron chi connectivity index (χ1n) is 10.0. The van der Waals surface area contributed by atoms with Crippen LogP contribution in [0.2, 0.25) is 0 Å². The molecule has 2 N–H and O–H groups in total. The fourth-order valence-corrected chi connectivity index (χ4v) is 3.28. The molecule has 8 nitrogen and oxygen atoms in total. The number of rotatable bonds is 9. The zero-order chi connectivity index (χ0) is 20.6. The van der Waals surface area contributed by atoms with Gasteiger partial charge in [0, 0.05) is 43.3 Å². The summed E-state index contributed by atoms with van der Waals surface area (Å²) in [5, 5.41) is 7.53. The van der Waals surface area contributed by atoms with Crippen LogP contribution in [0.4, 0.5) is 21.7 Å². The molecule has 0 spiro atoms. The summed E-state index contributed by atoms with van der Waals surface area (Å²) in [4.78, 5) is 15.5. The average Bonchev–Trinajstić information content (AvgIpc) is 2.79. The molecule has 3 heterocycles. The van der Waals surface area contributed by atoms with Crippen LogP contribution in [0.15, 0.2) is 42.9 Å². The Hall–Kier alpha value is -3.04. The van der Waals surface area contributed by atoms with Crippen molar-refractivity contribution in [2.75, 3.05) is 63.3 Å². The van der Waals surface area contributed by atoms with Gasteiger partial charge < -0.3 is 20.1 Å². The number of ether oxygens (including phenoxy) is 2. The third-order valence-corrected chi connectivity index (χ3v) is 4.80. The van der Waals surface area contributed by atoms with Crippen molar-refractivity contribution in [3.63, 3.8) is 0 Å². The summed E-state index contributed by atoms with van der Waals surface area (Å²) in [6.45, 7) is 4.74. The topological polar surface area (TPSA) is 84.4 Å². The van der Waals surface area contributed by atoms with Crippen LogP contribution in [0.25, 0.3) is 10.9 Å². The summed E-state index contributed by atoms with van der Waals surface area (Å²) in [6.07, 6.45) is 3.24. The van der Waals surface area contributed by atoms with Crippen molar-refractivity contribution in [3.05, 3.63) is 42.9 Å². The zero-order valence-electron chi connectivity index (χ0n) is 16.7. The monoisotopic (exact) mass is 411 g/mol. The highest BCUT2D eigenvalue weighted by Gasteiger charge is 2.10. The SMILES string of the molecule is [18F]CCOc1cccc(Nc2ncnc3cnc(NCCN4CCOCC4)cc23)c1. The van der Waals surface area contributed by atoms with Crippen molar-refractivity contribution in [3.8, 4) is 5.75 Å². The number of alkyl halides is 1. The van der Waals surface area contributed by atoms with E-state index in [9.17, 15) is 4.39 Å². The van der Waals surface area contributed by atoms with E-state index in [0.29, 0.717) is 11.6 Å². The van der Waals surface area contributed by atoms with Crippen molar-refractivity contribution in [2.24, 2.45) is 0 Å². The Balaban J connectivity index is 1.46. The molecule has 1 aromatic carbocycles. The van der Waals surface area contributed by atoms with Gasteiger partial charge >= 0.3 is 0 Å². The van der Waals surface area contributed by atoms with Gasteiger partial charge in [0.2, 0.25) is 0 Å². The fraction of sp³-hybridized carbons (Fsp3) is 0.381. The van der Waals surface area contributed by atoms with Gasteiger partial charge in [-0.25, -0.2) is 19.3 Å². The van der Waals surface area contributed by atoms with E-state index in [4.69, 9.17) is 9.47 Å². The van der Waals surface area contributed by atoms with Crippen molar-refractivity contribution >= 4 is 28.2 Å². The van der Waals surface area contributed by atoms with Gasteiger partial charge in [0.1, 0.15) is 37.0 Å². The number of aromatic nitrogens is 3. The van der Waals surface area contributed by atoms with Gasteiger partial charge in [0.15, 0.2) is 0 Å². The molecule has 4 rings (SSSR count). The number of hydrogen-bond donors (Lipinski definition) is 2. The normalized spacial score (nSPS) is 14.6. The standard InChI is InChI=1S/C21H25FN6O2/c22-4-9-30-17-3-1-2-16(12-17)27-21-18-13-20(24-14-19(18)25-15-26-21)23-5-6-28-7-10-29-11-8-28/h1-3,12-15H,4-11H2,(H,23,24)(H,25,26,27)/i22-1. The Kier molecular flexibility index (Phi) is 6.83. The first-order valence-corrected chi connectivity index (χ1v) is 10.0. The summed E-state index contributed by atoms with van der Waals surface area (Å²) >= 11 is 0. The number of halogens is 1. The molecule has 0 unspecified atom stereocenters. The highest BCUT2D eigenvalue weighted by molar-refractivity contribution is 5.91. The van der Waals surface area contributed by atoms with Crippen molar-refractivity contribution in [1.82, 2.24) is 19.9 Å². The lowest BCUT2D eigenvalue weighted by molar-refractivity contribution is 0.0398. The molecule has 1 saturated heterocycles. The van der Waals surface area contributed by atoms with Gasteiger partial charge in [0.05, 0.1) is 24.9 Å². The molecule has 0 radical (unpaired) electrons. The van der Waals surface area contributed by atoms with E-state index in [1.165, 1.54) is 6.33 Å². The number of morpholine rings is 1. The summed E-state index contributed by atoms with van der Waals surface area (Å²) in [6, 6.07) is 9.30. The third-order valence-electron chi connectivity index (χ3n) is 4.80. The maximum Gasteiger partial charge on any atom is 0.141 e. The van der Waals surface area contributed by atoms with Gasteiger partial charge in [-0.05, 0) is 18.2 Å². The van der Waals surface area contributed by atoms with Crippen LogP contribution in [-0.4, -0.2) is 72.5 Å². The lowest BCUT2D eigenvalue weighted by atomic mass is 10.2. The molecule has 1 fully saturated rings. The minimum absolute atomic E-state index is 0.0328. The lowest BCUT2D eigenvalue weighted by Gasteiger charge is -2.26. The highest BCUT2D eigenvalue weighted by Crippen LogP contribution is 2.26.